The van der Waals surface area contributed by atoms with E-state index in [1.807, 2.05) is 47.6 Å². The lowest BCUT2D eigenvalue weighted by Gasteiger charge is -2.15. The zero-order valence-corrected chi connectivity index (χ0v) is 28.0. The van der Waals surface area contributed by atoms with E-state index in [9.17, 15) is 29.8 Å². The lowest BCUT2D eigenvalue weighted by Crippen LogP contribution is -2.11. The molecular weight excluding hydrogens is 655 g/mol. The normalized spacial score (nSPS) is 11.0. The lowest BCUT2D eigenvalue weighted by molar-refractivity contribution is -0.384. The summed E-state index contributed by atoms with van der Waals surface area (Å²) in [6.07, 6.45) is 0. The molecular formula is C28H34Cl2N4O10S. The number of esters is 1. The molecule has 0 saturated carbocycles. The van der Waals surface area contributed by atoms with Gasteiger partial charge in [0.15, 0.2) is 0 Å². The highest BCUT2D eigenvalue weighted by Crippen LogP contribution is 2.32. The van der Waals surface area contributed by atoms with Crippen LogP contribution in [0.5, 0.6) is 0 Å². The second-order valence-corrected chi connectivity index (χ2v) is 13.8. The monoisotopic (exact) mass is 688 g/mol. The van der Waals surface area contributed by atoms with Gasteiger partial charge in [0, 0.05) is 85.7 Å². The Balaban J connectivity index is 0.000000384. The van der Waals surface area contributed by atoms with E-state index >= 15 is 0 Å². The maximum absolute atomic E-state index is 11.8. The fraction of sp³-hybridized carbons (Fsp3) is 0.357. The molecule has 246 valence electrons. The lowest BCUT2D eigenvalue weighted by atomic mass is 9.92. The molecule has 0 aliphatic carbocycles. The second-order valence-electron chi connectivity index (χ2n) is 11.3. The SMILES string of the molecule is CC(C)(C)c1cc2cc([N+](=O)[O-])cc(C(=O)O)c2[nH]1.CO.COC(=O)c1cc([N+](=O)[O-])cc2cc(C(C)(C)C)[nH]c12.O=S(Cl)Cl. The fourth-order valence-corrected chi connectivity index (χ4v) is 3.92. The van der Waals surface area contributed by atoms with Gasteiger partial charge in [0.2, 0.25) is 9.23 Å². The third kappa shape index (κ3) is 10.5. The van der Waals surface area contributed by atoms with Gasteiger partial charge in [0.05, 0.1) is 39.1 Å². The van der Waals surface area contributed by atoms with E-state index in [1.165, 1.54) is 25.3 Å². The summed E-state index contributed by atoms with van der Waals surface area (Å²) in [6, 6.07) is 8.73. The van der Waals surface area contributed by atoms with E-state index in [2.05, 4.69) is 31.3 Å². The van der Waals surface area contributed by atoms with Crippen molar-refractivity contribution in [2.45, 2.75) is 52.4 Å². The second kappa shape index (κ2) is 15.8. The number of aromatic amines is 2. The highest BCUT2D eigenvalue weighted by atomic mass is 36.0. The summed E-state index contributed by atoms with van der Waals surface area (Å²) < 4.78 is 13.8. The molecule has 0 aliphatic heterocycles. The van der Waals surface area contributed by atoms with Crippen molar-refractivity contribution in [3.8, 4) is 0 Å². The molecule has 0 radical (unpaired) electrons. The third-order valence-corrected chi connectivity index (χ3v) is 6.10. The molecule has 17 heteroatoms. The number of halogens is 2. The van der Waals surface area contributed by atoms with Crippen molar-refractivity contribution in [2.24, 2.45) is 0 Å². The number of carboxylic acids is 1. The van der Waals surface area contributed by atoms with Crippen LogP contribution in [-0.4, -0.2) is 60.4 Å². The van der Waals surface area contributed by atoms with E-state index in [1.54, 1.807) is 6.07 Å². The zero-order valence-electron chi connectivity index (χ0n) is 25.7. The van der Waals surface area contributed by atoms with Crippen molar-refractivity contribution in [1.82, 2.24) is 9.97 Å². The van der Waals surface area contributed by atoms with Gasteiger partial charge in [0.25, 0.3) is 11.4 Å². The number of aromatic nitrogens is 2. The first-order chi connectivity index (χ1) is 20.7. The van der Waals surface area contributed by atoms with Crippen LogP contribution < -0.4 is 0 Å². The number of hydrogen-bond acceptors (Lipinski definition) is 9. The maximum Gasteiger partial charge on any atom is 0.340 e. The number of aromatic carboxylic acids is 1. The molecule has 14 nitrogen and oxygen atoms in total. The summed E-state index contributed by atoms with van der Waals surface area (Å²) in [7, 11) is 9.61. The molecule has 0 atom stereocenters. The minimum Gasteiger partial charge on any atom is -0.478 e. The summed E-state index contributed by atoms with van der Waals surface area (Å²) in [5.74, 6) is -1.78. The number of nitro benzene ring substituents is 2. The van der Waals surface area contributed by atoms with E-state index in [4.69, 9.17) is 19.2 Å². The maximum atomic E-state index is 11.8. The molecule has 0 spiro atoms. The van der Waals surface area contributed by atoms with Crippen molar-refractivity contribution >= 4 is 75.7 Å². The van der Waals surface area contributed by atoms with E-state index in [-0.39, 0.29) is 33.3 Å². The number of aliphatic hydroxyl groups is 1. The molecule has 0 unspecified atom stereocenters. The van der Waals surface area contributed by atoms with Crippen molar-refractivity contribution in [3.05, 3.63) is 79.1 Å². The predicted molar refractivity (Wildman–Crippen MR) is 174 cm³/mol. The first-order valence-corrected chi connectivity index (χ1v) is 15.6. The number of carbonyl (C=O) groups is 2. The van der Waals surface area contributed by atoms with Crippen LogP contribution >= 0.6 is 21.4 Å². The van der Waals surface area contributed by atoms with Crippen LogP contribution in [0.4, 0.5) is 11.4 Å². The number of aliphatic hydroxyl groups excluding tert-OH is 1. The summed E-state index contributed by atoms with van der Waals surface area (Å²) >= 11 is 0. The molecule has 4 aromatic rings. The molecule has 2 heterocycles. The number of nitrogens with one attached hydrogen (secondary N) is 2. The number of H-pyrrole nitrogens is 2. The van der Waals surface area contributed by atoms with Gasteiger partial charge < -0.3 is 24.9 Å². The Morgan fingerprint density at radius 1 is 0.778 bits per heavy atom. The Morgan fingerprint density at radius 2 is 1.11 bits per heavy atom. The smallest absolute Gasteiger partial charge is 0.340 e. The van der Waals surface area contributed by atoms with Gasteiger partial charge in [-0.15, -0.1) is 0 Å². The standard InChI is InChI=1S/C14H16N2O4.C13H14N2O4.CH4O.Cl2OS/c1-14(2,3)11-6-8-5-9(16(18)19)7-10(12(8)15-11)13(17)20-4;1-13(2,3)10-5-7-4-8(15(18)19)6-9(12(16)17)11(7)14-10;1-2;1-4(2)3/h5-7,15H,1-4H3;4-6,14H,1-3H3,(H,16,17);2H,1H3;. The largest absolute Gasteiger partial charge is 0.478 e. The Hall–Kier alpha value is -4.05. The molecule has 4 rings (SSSR count). The summed E-state index contributed by atoms with van der Waals surface area (Å²) in [6.45, 7) is 12.0. The zero-order chi connectivity index (χ0) is 35.0. The van der Waals surface area contributed by atoms with Crippen LogP contribution in [0, 0.1) is 20.2 Å². The summed E-state index contributed by atoms with van der Waals surface area (Å²) in [4.78, 5) is 49.9. The van der Waals surface area contributed by atoms with Gasteiger partial charge in [-0.25, -0.2) is 13.8 Å². The highest BCUT2D eigenvalue weighted by molar-refractivity contribution is 8.26. The number of ether oxygens (including phenoxy) is 1. The van der Waals surface area contributed by atoms with Crippen molar-refractivity contribution in [3.63, 3.8) is 0 Å². The van der Waals surface area contributed by atoms with Crippen LogP contribution in [0.2, 0.25) is 0 Å². The molecule has 4 N–H and O–H groups in total. The number of fused-ring (bicyclic) bond motifs is 2. The average molecular weight is 690 g/mol. The van der Waals surface area contributed by atoms with Gasteiger partial charge in [-0.3, -0.25) is 20.2 Å². The average Bonchev–Trinajstić information content (AvgIpc) is 3.57. The number of nitro groups is 2. The van der Waals surface area contributed by atoms with Crippen LogP contribution in [0.25, 0.3) is 21.8 Å². The van der Waals surface area contributed by atoms with Crippen molar-refractivity contribution in [1.29, 1.82) is 0 Å². The fourth-order valence-electron chi connectivity index (χ4n) is 3.92. The first-order valence-electron chi connectivity index (χ1n) is 12.8. The molecule has 0 saturated heterocycles. The number of benzene rings is 2. The Kier molecular flexibility index (Phi) is 13.7. The Labute approximate surface area is 269 Å². The van der Waals surface area contributed by atoms with Gasteiger partial charge >= 0.3 is 11.9 Å². The van der Waals surface area contributed by atoms with Gasteiger partial charge in [-0.1, -0.05) is 41.5 Å². The first kappa shape index (κ1) is 39.0. The number of nitrogens with zero attached hydrogens (tertiary/aromatic N) is 2. The molecule has 0 bridgehead atoms. The number of methoxy groups -OCH3 is 1. The van der Waals surface area contributed by atoms with E-state index in [0.29, 0.717) is 21.8 Å². The molecule has 2 aromatic carbocycles. The molecule has 2 aromatic heterocycles. The summed E-state index contributed by atoms with van der Waals surface area (Å²) in [5.41, 5.74) is 2.12. The number of non-ortho nitro benzene ring substituents is 2. The van der Waals surface area contributed by atoms with Crippen LogP contribution in [0.1, 0.15) is 73.6 Å². The van der Waals surface area contributed by atoms with Crippen molar-refractivity contribution < 1.29 is 38.6 Å². The molecule has 0 amide bonds. The van der Waals surface area contributed by atoms with Crippen LogP contribution in [-0.2, 0) is 24.8 Å². The quantitative estimate of drug-likeness (QED) is 0.0753. The Morgan fingerprint density at radius 3 is 1.40 bits per heavy atom. The number of rotatable bonds is 4. The van der Waals surface area contributed by atoms with E-state index < -0.39 is 31.0 Å². The predicted octanol–water partition coefficient (Wildman–Crippen LogP) is 6.88. The van der Waals surface area contributed by atoms with Gasteiger partial charge in [0.1, 0.15) is 0 Å². The topological polar surface area (TPSA) is 219 Å². The van der Waals surface area contributed by atoms with Gasteiger partial charge in [-0.05, 0) is 12.1 Å². The third-order valence-electron chi connectivity index (χ3n) is 6.10. The minimum absolute atomic E-state index is 0.0836. The molecule has 0 aliphatic rings. The summed E-state index contributed by atoms with van der Waals surface area (Å²) in [5, 5.41) is 39.1. The van der Waals surface area contributed by atoms with Gasteiger partial charge in [-0.2, -0.15) is 0 Å². The number of hydrogen-bond donors (Lipinski definition) is 4. The molecule has 45 heavy (non-hydrogen) atoms. The number of carboxylic acid groups (broad SMARTS) is 1. The minimum atomic E-state index is -1.67. The van der Waals surface area contributed by atoms with Crippen LogP contribution in [0.15, 0.2) is 36.4 Å². The molecule has 0 fully saturated rings. The Bertz CT molecular complexity index is 1730. The van der Waals surface area contributed by atoms with Crippen LogP contribution in [0.3, 0.4) is 0 Å². The van der Waals surface area contributed by atoms with E-state index in [0.717, 1.165) is 24.6 Å². The number of carbonyl (C=O) groups excluding carboxylic acids is 1. The highest BCUT2D eigenvalue weighted by Gasteiger charge is 2.24. The van der Waals surface area contributed by atoms with Crippen molar-refractivity contribution in [2.75, 3.05) is 14.2 Å².